The van der Waals surface area contributed by atoms with Crippen LogP contribution >= 0.6 is 22.7 Å². The van der Waals surface area contributed by atoms with E-state index in [4.69, 9.17) is 4.98 Å². The van der Waals surface area contributed by atoms with Crippen molar-refractivity contribution in [3.63, 3.8) is 0 Å². The van der Waals surface area contributed by atoms with E-state index >= 15 is 0 Å². The summed E-state index contributed by atoms with van der Waals surface area (Å²) in [6.07, 6.45) is 6.69. The second kappa shape index (κ2) is 16.3. The zero-order valence-electron chi connectivity index (χ0n) is 31.8. The van der Waals surface area contributed by atoms with Crippen molar-refractivity contribution in [1.29, 1.82) is 0 Å². The predicted octanol–water partition coefficient (Wildman–Crippen LogP) is 14.1. The first-order chi connectivity index (χ1) is 23.7. The van der Waals surface area contributed by atoms with Crippen molar-refractivity contribution in [3.8, 4) is 21.7 Å². The summed E-state index contributed by atoms with van der Waals surface area (Å²) in [5, 5.41) is 15.1. The van der Waals surface area contributed by atoms with E-state index in [9.17, 15) is 9.90 Å². The Hall–Kier alpha value is -3.15. The van der Waals surface area contributed by atoms with Gasteiger partial charge in [-0.25, -0.2) is 0 Å². The maximum atomic E-state index is 12.2. The van der Waals surface area contributed by atoms with E-state index in [1.807, 2.05) is 70.4 Å². The maximum Gasteiger partial charge on any atom is 0.164 e. The molecule has 1 N–H and O–H groups in total. The largest absolute Gasteiger partial charge is 0.512 e. The molecule has 6 aromatic rings. The minimum Gasteiger partial charge on any atom is -0.512 e. The average Bonchev–Trinajstić information content (AvgIpc) is 3.73. The van der Waals surface area contributed by atoms with Crippen LogP contribution in [0.15, 0.2) is 84.8 Å². The van der Waals surface area contributed by atoms with E-state index in [1.54, 1.807) is 0 Å². The molecule has 3 heterocycles. The third kappa shape index (κ3) is 8.41. The number of carbonyl (C=O) groups is 1. The van der Waals surface area contributed by atoms with Gasteiger partial charge in [0.2, 0.25) is 0 Å². The maximum absolute atomic E-state index is 12.2. The quantitative estimate of drug-likeness (QED) is 0.0894. The van der Waals surface area contributed by atoms with Crippen molar-refractivity contribution < 1.29 is 30.0 Å². The number of carbonyl (C=O) groups excluding carboxylic acids is 1. The number of rotatable bonds is 9. The van der Waals surface area contributed by atoms with E-state index in [1.165, 1.54) is 52.5 Å². The van der Waals surface area contributed by atoms with Gasteiger partial charge < -0.3 is 5.11 Å². The number of ketones is 1. The Morgan fingerprint density at radius 3 is 2.08 bits per heavy atom. The molecule has 6 heteroatoms. The molecule has 51 heavy (non-hydrogen) atoms. The molecule has 3 aromatic heterocycles. The van der Waals surface area contributed by atoms with Gasteiger partial charge in [0, 0.05) is 79.0 Å². The smallest absolute Gasteiger partial charge is 0.164 e. The van der Waals surface area contributed by atoms with Crippen molar-refractivity contribution in [2.75, 3.05) is 0 Å². The summed E-state index contributed by atoms with van der Waals surface area (Å²) in [6, 6.07) is 27.9. The number of pyridine rings is 1. The van der Waals surface area contributed by atoms with Crippen molar-refractivity contribution >= 4 is 59.4 Å². The molecule has 0 aliphatic rings. The van der Waals surface area contributed by atoms with E-state index < -0.39 is 0 Å². The molecular weight excluding hydrogens is 843 g/mol. The Morgan fingerprint density at radius 1 is 0.784 bits per heavy atom. The topological polar surface area (TPSA) is 50.2 Å². The standard InChI is InChI=1S/C30H24NS2.C15H28O2.Ir/c1-18-14-23-22(10-7-11-26(23)32-18)28-17-24-27(33-28)12-13-31-29(24)20-15-19-8-5-6-9-21(19)25(16-20)30(2,3)4;1-7-14(5,8-2)12(16)11-13(17)15(6,9-3)10-4;/h5-14,16-17H,1-4H3;11,16H,7-10H2,1-6H3;/q-1;;/b;12-11-;. The number of fused-ring (bicyclic) bond motifs is 3. The fourth-order valence-corrected chi connectivity index (χ4v) is 8.42. The first kappa shape index (κ1) is 40.6. The number of allylic oxidation sites excluding steroid dienone is 2. The molecule has 0 saturated carbocycles. The van der Waals surface area contributed by atoms with Gasteiger partial charge in [0.05, 0.1) is 0 Å². The zero-order valence-corrected chi connectivity index (χ0v) is 35.8. The van der Waals surface area contributed by atoms with Gasteiger partial charge in [0.15, 0.2) is 5.78 Å². The second-order valence-electron chi connectivity index (χ2n) is 15.1. The van der Waals surface area contributed by atoms with Crippen LogP contribution < -0.4 is 0 Å². The fraction of sp³-hybridized carbons (Fsp3) is 0.378. The number of thiophene rings is 2. The van der Waals surface area contributed by atoms with E-state index in [-0.39, 0.29) is 47.9 Å². The van der Waals surface area contributed by atoms with Crippen molar-refractivity contribution in [1.82, 2.24) is 4.98 Å². The fourth-order valence-electron chi connectivity index (χ4n) is 6.37. The number of benzene rings is 3. The summed E-state index contributed by atoms with van der Waals surface area (Å²) in [5.74, 6) is 0.286. The zero-order chi connectivity index (χ0) is 36.4. The molecule has 0 unspecified atom stereocenters. The minimum atomic E-state index is -0.337. The molecule has 271 valence electrons. The molecule has 6 rings (SSSR count). The van der Waals surface area contributed by atoms with Crippen LogP contribution in [0.2, 0.25) is 0 Å². The molecule has 1 radical (unpaired) electrons. The molecule has 0 bridgehead atoms. The Balaban J connectivity index is 0.000000279. The van der Waals surface area contributed by atoms with Crippen LogP contribution in [0.1, 0.15) is 98.4 Å². The van der Waals surface area contributed by atoms with Gasteiger partial charge in [-0.1, -0.05) is 104 Å². The average molecular weight is 895 g/mol. The van der Waals surface area contributed by atoms with Gasteiger partial charge in [-0.3, -0.25) is 9.78 Å². The van der Waals surface area contributed by atoms with Gasteiger partial charge in [0.1, 0.15) is 5.76 Å². The number of aryl methyl sites for hydroxylation is 1. The van der Waals surface area contributed by atoms with Gasteiger partial charge in [-0.15, -0.1) is 51.8 Å². The number of aliphatic hydroxyl groups is 1. The van der Waals surface area contributed by atoms with Crippen LogP contribution in [0.3, 0.4) is 0 Å². The van der Waals surface area contributed by atoms with Crippen LogP contribution in [-0.2, 0) is 30.3 Å². The molecule has 0 spiro atoms. The normalized spacial score (nSPS) is 12.5. The second-order valence-corrected chi connectivity index (χ2v) is 17.4. The Morgan fingerprint density at radius 2 is 1.43 bits per heavy atom. The summed E-state index contributed by atoms with van der Waals surface area (Å²) in [6.45, 7) is 21.1. The first-order valence-electron chi connectivity index (χ1n) is 18.0. The summed E-state index contributed by atoms with van der Waals surface area (Å²) in [5.41, 5.74) is 4.15. The summed E-state index contributed by atoms with van der Waals surface area (Å²) >= 11 is 3.71. The van der Waals surface area contributed by atoms with Crippen molar-refractivity contribution in [2.45, 2.75) is 100 Å². The predicted molar refractivity (Wildman–Crippen MR) is 219 cm³/mol. The molecule has 0 fully saturated rings. The van der Waals surface area contributed by atoms with Gasteiger partial charge >= 0.3 is 0 Å². The molecular formula is C45H52IrNO2S2-. The van der Waals surface area contributed by atoms with Crippen molar-refractivity contribution in [3.05, 3.63) is 101 Å². The minimum absolute atomic E-state index is 0. The summed E-state index contributed by atoms with van der Waals surface area (Å²) < 4.78 is 2.61. The SMILES string of the molecule is CCC(C)(CC)C(=O)/C=C(\O)C(C)(CC)CC.Cc1cc2c(-c3cc4c(-c5[c-]c6ccccc6c(C(C)(C)C)c5)nccc4s3)cccc2s1.[Ir]. The molecule has 3 nitrogen and oxygen atoms in total. The van der Waals surface area contributed by atoms with E-state index in [0.29, 0.717) is 0 Å². The summed E-state index contributed by atoms with van der Waals surface area (Å²) in [4.78, 5) is 19.7. The van der Waals surface area contributed by atoms with Crippen molar-refractivity contribution in [2.24, 2.45) is 10.8 Å². The van der Waals surface area contributed by atoms with Crippen LogP contribution in [0.4, 0.5) is 0 Å². The van der Waals surface area contributed by atoms with Crippen LogP contribution in [0.5, 0.6) is 0 Å². The van der Waals surface area contributed by atoms with E-state index in [2.05, 4.69) is 100 Å². The van der Waals surface area contributed by atoms with Gasteiger partial charge in [-0.2, -0.15) is 0 Å². The Kier molecular flexibility index (Phi) is 12.9. The molecule has 0 atom stereocenters. The molecule has 0 aliphatic heterocycles. The molecule has 0 amide bonds. The Labute approximate surface area is 326 Å². The number of hydrogen-bond donors (Lipinski definition) is 1. The number of nitrogens with zero attached hydrogens (tertiary/aromatic N) is 1. The number of aromatic nitrogens is 1. The molecule has 0 saturated heterocycles. The number of hydrogen-bond acceptors (Lipinski definition) is 5. The van der Waals surface area contributed by atoms with Crippen LogP contribution in [0, 0.1) is 23.8 Å². The third-order valence-electron chi connectivity index (χ3n) is 10.8. The molecule has 0 aliphatic carbocycles. The van der Waals surface area contributed by atoms with Gasteiger partial charge in [-0.05, 0) is 67.7 Å². The number of aliphatic hydroxyl groups excluding tert-OH is 1. The van der Waals surface area contributed by atoms with Gasteiger partial charge in [0.25, 0.3) is 0 Å². The van der Waals surface area contributed by atoms with Crippen LogP contribution in [-0.4, -0.2) is 15.9 Å². The molecule has 3 aromatic carbocycles. The Bertz CT molecular complexity index is 2170. The first-order valence-corrected chi connectivity index (χ1v) is 19.6. The van der Waals surface area contributed by atoms with Crippen LogP contribution in [0.25, 0.3) is 52.6 Å². The third-order valence-corrected chi connectivity index (χ3v) is 13.0. The van der Waals surface area contributed by atoms with E-state index in [0.717, 1.165) is 42.3 Å². The monoisotopic (exact) mass is 895 g/mol. The summed E-state index contributed by atoms with van der Waals surface area (Å²) in [7, 11) is 0.